The minimum absolute atomic E-state index is 0. The Balaban J connectivity index is -0.00000000800. The van der Waals surface area contributed by atoms with Gasteiger partial charge in [0.15, 0.2) is 0 Å². The van der Waals surface area contributed by atoms with Crippen LogP contribution in [0, 0.1) is 0 Å². The first-order valence-electron chi connectivity index (χ1n) is 2.23. The van der Waals surface area contributed by atoms with Gasteiger partial charge in [0.05, 0.1) is 0 Å². The standard InChI is InChI=1S/2C2H5.2Al.4H/c2*1-2;;;;;;/h2*1H2,2H3;;;;;;/q;;+1;+3;4*-1. The molecule has 36 valence electrons. The van der Waals surface area contributed by atoms with Gasteiger partial charge in [0.25, 0.3) is 0 Å². The molecule has 6 heavy (non-hydrogen) atoms. The summed E-state index contributed by atoms with van der Waals surface area (Å²) in [6.07, 6.45) is 0. The summed E-state index contributed by atoms with van der Waals surface area (Å²) in [5.41, 5.74) is 0. The molecule has 0 aliphatic carbocycles. The topological polar surface area (TPSA) is 0 Å². The first-order chi connectivity index (χ1) is 2.41. The molecule has 0 aliphatic rings. The SMILES string of the molecule is C[CH2][Al+][CH2]C.[Al+3].[H-].[H-].[H-].[H-]. The fourth-order valence-electron chi connectivity index (χ4n) is 0.289. The Morgan fingerprint density at radius 1 is 1.33 bits per heavy atom. The molecule has 2 heteroatoms. The van der Waals surface area contributed by atoms with Crippen LogP contribution in [0.2, 0.25) is 10.6 Å². The maximum Gasteiger partial charge on any atom is 3.00 e. The van der Waals surface area contributed by atoms with E-state index in [4.69, 9.17) is 0 Å². The maximum atomic E-state index is 2.25. The van der Waals surface area contributed by atoms with Crippen molar-refractivity contribution in [2.24, 2.45) is 0 Å². The van der Waals surface area contributed by atoms with E-state index in [2.05, 4.69) is 13.8 Å². The molecule has 0 aromatic heterocycles. The predicted molar refractivity (Wildman–Crippen MR) is 36.9 cm³/mol. The Hall–Kier alpha value is 1.06. The molecule has 0 aromatic rings. The summed E-state index contributed by atoms with van der Waals surface area (Å²) >= 11 is 0.815. The second-order valence-electron chi connectivity index (χ2n) is 1.11. The van der Waals surface area contributed by atoms with Crippen molar-refractivity contribution in [3.05, 3.63) is 0 Å². The van der Waals surface area contributed by atoms with Gasteiger partial charge in [-0.05, 0) is 0 Å². The minimum Gasteiger partial charge on any atom is -1.00 e. The van der Waals surface area contributed by atoms with E-state index in [0.717, 1.165) is 15.2 Å². The molecule has 0 radical (unpaired) electrons. The Morgan fingerprint density at radius 2 is 1.67 bits per heavy atom. The van der Waals surface area contributed by atoms with E-state index in [9.17, 15) is 0 Å². The van der Waals surface area contributed by atoms with Crippen LogP contribution in [-0.4, -0.2) is 32.6 Å². The zero-order chi connectivity index (χ0) is 4.12. The summed E-state index contributed by atoms with van der Waals surface area (Å²) < 4.78 is 0. The second-order valence-corrected chi connectivity index (χ2v) is 3.32. The van der Waals surface area contributed by atoms with Crippen LogP contribution >= 0.6 is 0 Å². The Kier molecular flexibility index (Phi) is 15.9. The molecule has 0 aromatic carbocycles. The minimum atomic E-state index is 0. The predicted octanol–water partition coefficient (Wildman–Crippen LogP) is 1.64. The van der Waals surface area contributed by atoms with Crippen LogP contribution in [0.15, 0.2) is 0 Å². The van der Waals surface area contributed by atoms with Crippen LogP contribution in [0.5, 0.6) is 0 Å². The largest absolute Gasteiger partial charge is 3.00 e. The third-order valence-corrected chi connectivity index (χ3v) is 1.73. The molecular formula is C4H14Al2. The van der Waals surface area contributed by atoms with Crippen molar-refractivity contribution in [1.29, 1.82) is 0 Å². The van der Waals surface area contributed by atoms with Crippen LogP contribution in [0.3, 0.4) is 0 Å². The molecule has 0 N–H and O–H groups in total. The molecule has 0 nitrogen and oxygen atoms in total. The van der Waals surface area contributed by atoms with E-state index < -0.39 is 0 Å². The van der Waals surface area contributed by atoms with E-state index in [1.54, 1.807) is 0 Å². The van der Waals surface area contributed by atoms with Gasteiger partial charge in [-0.25, -0.2) is 0 Å². The smallest absolute Gasteiger partial charge is 1.00 e. The third-order valence-electron chi connectivity index (χ3n) is 0.577. The Morgan fingerprint density at radius 3 is 1.67 bits per heavy atom. The van der Waals surface area contributed by atoms with Gasteiger partial charge in [0, 0.05) is 0 Å². The number of hydrogen-bond donors (Lipinski definition) is 0. The van der Waals surface area contributed by atoms with Crippen molar-refractivity contribution < 1.29 is 5.71 Å². The summed E-state index contributed by atoms with van der Waals surface area (Å²) in [6.45, 7) is 4.50. The molecular weight excluding hydrogens is 102 g/mol. The summed E-state index contributed by atoms with van der Waals surface area (Å²) in [6, 6.07) is 0. The maximum absolute atomic E-state index is 2.25. The van der Waals surface area contributed by atoms with Gasteiger partial charge in [-0.1, -0.05) is 0 Å². The van der Waals surface area contributed by atoms with Gasteiger partial charge in [0.1, 0.15) is 0 Å². The van der Waals surface area contributed by atoms with Gasteiger partial charge < -0.3 is 5.71 Å². The van der Waals surface area contributed by atoms with Crippen molar-refractivity contribution in [3.8, 4) is 0 Å². The average Bonchev–Trinajstić information content (AvgIpc) is 1.41. The molecule has 0 atom stereocenters. The first-order valence-corrected chi connectivity index (χ1v) is 3.86. The van der Waals surface area contributed by atoms with E-state index in [1.165, 1.54) is 10.6 Å². The van der Waals surface area contributed by atoms with Crippen molar-refractivity contribution in [1.82, 2.24) is 0 Å². The molecule has 0 heterocycles. The molecule has 0 aliphatic heterocycles. The van der Waals surface area contributed by atoms with Crippen molar-refractivity contribution in [2.75, 3.05) is 0 Å². The summed E-state index contributed by atoms with van der Waals surface area (Å²) in [4.78, 5) is 0. The van der Waals surface area contributed by atoms with Crippen LogP contribution in [0.4, 0.5) is 0 Å². The number of rotatable bonds is 2. The third kappa shape index (κ3) is 8.91. The van der Waals surface area contributed by atoms with Crippen LogP contribution < -0.4 is 0 Å². The fraction of sp³-hybridized carbons (Fsp3) is 1.00. The Labute approximate surface area is 63.1 Å². The molecule has 0 fully saturated rings. The summed E-state index contributed by atoms with van der Waals surface area (Å²) in [5.74, 6) is 0. The number of hydrogen-bond acceptors (Lipinski definition) is 0. The monoisotopic (exact) mass is 116 g/mol. The van der Waals surface area contributed by atoms with Gasteiger partial charge >= 0.3 is 57.0 Å². The zero-order valence-electron chi connectivity index (χ0n) is 8.57. The normalized spacial score (nSPS) is 5.67. The molecule has 0 saturated carbocycles. The first kappa shape index (κ1) is 10.1. The van der Waals surface area contributed by atoms with Crippen molar-refractivity contribution in [2.45, 2.75) is 24.4 Å². The molecule has 0 unspecified atom stereocenters. The Bertz CT molecular complexity index is 22.7. The van der Waals surface area contributed by atoms with Gasteiger partial charge in [-0.2, -0.15) is 0 Å². The zero-order valence-corrected chi connectivity index (χ0v) is 6.88. The van der Waals surface area contributed by atoms with Gasteiger partial charge in [0.2, 0.25) is 0 Å². The average molecular weight is 116 g/mol. The van der Waals surface area contributed by atoms with E-state index in [1.807, 2.05) is 0 Å². The quantitative estimate of drug-likeness (QED) is 0.481. The fourth-order valence-corrected chi connectivity index (χ4v) is 0.866. The molecule has 0 saturated heterocycles. The van der Waals surface area contributed by atoms with E-state index in [-0.39, 0.29) is 23.1 Å². The molecule has 0 spiro atoms. The van der Waals surface area contributed by atoms with Gasteiger partial charge in [-0.15, -0.1) is 0 Å². The van der Waals surface area contributed by atoms with Crippen LogP contribution in [0.1, 0.15) is 19.6 Å². The molecule has 0 rings (SSSR count). The summed E-state index contributed by atoms with van der Waals surface area (Å²) in [5, 5.41) is 2.85. The van der Waals surface area contributed by atoms with Crippen molar-refractivity contribution >= 4 is 32.6 Å². The van der Waals surface area contributed by atoms with Crippen LogP contribution in [-0.2, 0) is 0 Å². The second kappa shape index (κ2) is 9.42. The van der Waals surface area contributed by atoms with Gasteiger partial charge in [-0.3, -0.25) is 0 Å². The van der Waals surface area contributed by atoms with E-state index >= 15 is 0 Å². The summed E-state index contributed by atoms with van der Waals surface area (Å²) in [7, 11) is 0. The van der Waals surface area contributed by atoms with E-state index in [0.29, 0.717) is 0 Å². The molecule has 0 bridgehead atoms. The molecule has 0 amide bonds. The van der Waals surface area contributed by atoms with Crippen molar-refractivity contribution in [3.63, 3.8) is 0 Å². The van der Waals surface area contributed by atoms with Crippen LogP contribution in [0.25, 0.3) is 0 Å².